The van der Waals surface area contributed by atoms with Gasteiger partial charge in [-0.1, -0.05) is 18.6 Å². The van der Waals surface area contributed by atoms with Gasteiger partial charge in [0.15, 0.2) is 9.84 Å². The number of hydrogen-bond acceptors (Lipinski definition) is 8. The fourth-order valence-corrected chi connectivity index (χ4v) is 5.58. The number of likely N-dealkylation sites (tertiary alicyclic amines) is 1. The fraction of sp³-hybridized carbons (Fsp3) is 0.281. The molecule has 0 saturated carbocycles. The number of carboxylic acid groups (broad SMARTS) is 1. The Kier molecular flexibility index (Phi) is 10.5. The Morgan fingerprint density at radius 1 is 0.889 bits per heavy atom. The number of fused-ring (bicyclic) bond motifs is 1. The predicted octanol–water partition coefficient (Wildman–Crippen LogP) is 6.61. The zero-order valence-electron chi connectivity index (χ0n) is 24.3. The Labute approximate surface area is 258 Å². The number of alkyl halides is 3. The van der Waals surface area contributed by atoms with Gasteiger partial charge < -0.3 is 24.8 Å². The molecule has 0 aliphatic carbocycles. The van der Waals surface area contributed by atoms with Gasteiger partial charge in [0.05, 0.1) is 0 Å². The number of phenols is 2. The summed E-state index contributed by atoms with van der Waals surface area (Å²) in [6.07, 6.45) is -0.210. The third-order valence-electron chi connectivity index (χ3n) is 7.03. The number of aliphatic carboxylic acids is 1. The van der Waals surface area contributed by atoms with Crippen LogP contribution in [-0.2, 0) is 14.6 Å². The number of carbonyl (C=O) groups is 1. The Balaban J connectivity index is 0.000000591. The van der Waals surface area contributed by atoms with E-state index in [1.807, 2.05) is 36.4 Å². The molecule has 4 aromatic rings. The third kappa shape index (κ3) is 9.02. The van der Waals surface area contributed by atoms with Crippen LogP contribution in [0.3, 0.4) is 0 Å². The molecule has 0 bridgehead atoms. The molecule has 9 nitrogen and oxygen atoms in total. The van der Waals surface area contributed by atoms with Crippen LogP contribution in [0.5, 0.6) is 28.7 Å². The van der Waals surface area contributed by atoms with Gasteiger partial charge in [-0.25, -0.2) is 13.2 Å². The first-order valence-electron chi connectivity index (χ1n) is 13.9. The number of benzene rings is 4. The summed E-state index contributed by atoms with van der Waals surface area (Å²) >= 11 is 0. The van der Waals surface area contributed by atoms with Gasteiger partial charge in [0.25, 0.3) is 0 Å². The normalized spacial score (nSPS) is 14.0. The number of ether oxygens (including phenoxy) is 2. The first-order chi connectivity index (χ1) is 21.2. The molecule has 1 heterocycles. The van der Waals surface area contributed by atoms with Crippen LogP contribution >= 0.6 is 0 Å². The minimum absolute atomic E-state index is 0.134. The highest BCUT2D eigenvalue weighted by Crippen LogP contribution is 2.42. The zero-order chi connectivity index (χ0) is 32.8. The second-order valence-corrected chi connectivity index (χ2v) is 12.4. The molecule has 0 atom stereocenters. The van der Waals surface area contributed by atoms with Crippen LogP contribution in [0.15, 0.2) is 77.7 Å². The number of phenolic OH excluding ortho intramolecular Hbond substituents is 2. The Morgan fingerprint density at radius 2 is 1.53 bits per heavy atom. The number of halogens is 3. The van der Waals surface area contributed by atoms with E-state index in [4.69, 9.17) is 19.4 Å². The van der Waals surface area contributed by atoms with E-state index in [9.17, 15) is 31.8 Å². The van der Waals surface area contributed by atoms with Crippen molar-refractivity contribution in [1.29, 1.82) is 0 Å². The van der Waals surface area contributed by atoms with E-state index in [0.717, 1.165) is 42.4 Å². The lowest BCUT2D eigenvalue weighted by molar-refractivity contribution is -0.192. The first kappa shape index (κ1) is 33.4. The molecule has 0 unspecified atom stereocenters. The van der Waals surface area contributed by atoms with Crippen LogP contribution in [0.1, 0.15) is 19.3 Å². The van der Waals surface area contributed by atoms with Crippen molar-refractivity contribution in [3.63, 3.8) is 0 Å². The number of piperidine rings is 1. The highest BCUT2D eigenvalue weighted by molar-refractivity contribution is 7.90. The van der Waals surface area contributed by atoms with Gasteiger partial charge in [-0.3, -0.25) is 4.90 Å². The van der Waals surface area contributed by atoms with E-state index >= 15 is 0 Å². The summed E-state index contributed by atoms with van der Waals surface area (Å²) in [6.45, 7) is 3.81. The molecule has 240 valence electrons. The number of hydrogen-bond donors (Lipinski definition) is 3. The summed E-state index contributed by atoms with van der Waals surface area (Å²) in [6, 6.07) is 20.5. The maximum absolute atomic E-state index is 12.0. The highest BCUT2D eigenvalue weighted by atomic mass is 32.2. The monoisotopic (exact) mass is 647 g/mol. The Hall–Kier alpha value is -4.49. The van der Waals surface area contributed by atoms with E-state index in [2.05, 4.69) is 4.90 Å². The maximum Gasteiger partial charge on any atom is 0.490 e. The minimum Gasteiger partial charge on any atom is -0.508 e. The van der Waals surface area contributed by atoms with E-state index in [0.29, 0.717) is 29.2 Å². The molecule has 45 heavy (non-hydrogen) atoms. The molecule has 0 amide bonds. The smallest absolute Gasteiger partial charge is 0.490 e. The molecule has 5 rings (SSSR count). The number of rotatable bonds is 8. The molecular formula is C32H32F3NO8S. The fourth-order valence-electron chi connectivity index (χ4n) is 4.82. The lowest BCUT2D eigenvalue weighted by Gasteiger charge is -2.26. The molecule has 1 aliphatic rings. The number of nitrogens with zero attached hydrogens (tertiary/aromatic N) is 1. The topological polar surface area (TPSA) is 134 Å². The summed E-state index contributed by atoms with van der Waals surface area (Å²) < 4.78 is 68.0. The van der Waals surface area contributed by atoms with Crippen LogP contribution in [0.25, 0.3) is 21.9 Å². The van der Waals surface area contributed by atoms with Crippen LogP contribution in [0.4, 0.5) is 13.2 Å². The second kappa shape index (κ2) is 14.1. The van der Waals surface area contributed by atoms with Crippen molar-refractivity contribution in [1.82, 2.24) is 4.90 Å². The summed E-state index contributed by atoms with van der Waals surface area (Å²) in [7, 11) is -3.57. The van der Waals surface area contributed by atoms with E-state index in [1.54, 1.807) is 24.3 Å². The average molecular weight is 648 g/mol. The van der Waals surface area contributed by atoms with Crippen molar-refractivity contribution >= 4 is 26.6 Å². The average Bonchev–Trinajstić information content (AvgIpc) is 2.98. The third-order valence-corrected chi connectivity index (χ3v) is 8.18. The Morgan fingerprint density at radius 3 is 2.13 bits per heavy atom. The molecule has 1 saturated heterocycles. The largest absolute Gasteiger partial charge is 0.508 e. The van der Waals surface area contributed by atoms with Crippen LogP contribution in [0, 0.1) is 0 Å². The molecule has 0 spiro atoms. The van der Waals surface area contributed by atoms with Gasteiger partial charge in [-0.2, -0.15) is 13.2 Å². The molecule has 4 aromatic carbocycles. The van der Waals surface area contributed by atoms with Gasteiger partial charge in [-0.15, -0.1) is 0 Å². The number of sulfone groups is 1. The summed E-state index contributed by atoms with van der Waals surface area (Å²) in [5.41, 5.74) is 1.26. The van der Waals surface area contributed by atoms with Crippen LogP contribution < -0.4 is 9.47 Å². The Bertz CT molecular complexity index is 1750. The van der Waals surface area contributed by atoms with E-state index < -0.39 is 22.0 Å². The van der Waals surface area contributed by atoms with Gasteiger partial charge in [-0.05, 0) is 97.5 Å². The van der Waals surface area contributed by atoms with Crippen molar-refractivity contribution < 1.29 is 51.2 Å². The van der Waals surface area contributed by atoms with Gasteiger partial charge >= 0.3 is 12.1 Å². The quantitative estimate of drug-likeness (QED) is 0.193. The first-order valence-corrected chi connectivity index (χ1v) is 15.8. The van der Waals surface area contributed by atoms with Crippen molar-refractivity contribution in [3.05, 3.63) is 72.8 Å². The second-order valence-electron chi connectivity index (χ2n) is 10.4. The zero-order valence-corrected chi connectivity index (χ0v) is 25.1. The molecule has 0 radical (unpaired) electrons. The summed E-state index contributed by atoms with van der Waals surface area (Å²) in [4.78, 5) is 11.2. The predicted molar refractivity (Wildman–Crippen MR) is 162 cm³/mol. The van der Waals surface area contributed by atoms with E-state index in [1.165, 1.54) is 31.4 Å². The van der Waals surface area contributed by atoms with Gasteiger partial charge in [0.1, 0.15) is 40.2 Å². The molecular weight excluding hydrogens is 615 g/mol. The lowest BCUT2D eigenvalue weighted by atomic mass is 9.99. The number of aromatic hydroxyl groups is 2. The number of carboxylic acids is 1. The van der Waals surface area contributed by atoms with E-state index in [-0.39, 0.29) is 16.4 Å². The van der Waals surface area contributed by atoms with Crippen molar-refractivity contribution in [2.45, 2.75) is 30.3 Å². The molecule has 0 aromatic heterocycles. The standard InChI is InChI=1S/C30H31NO6S.C2HF3O2/c1-38(34,35)29-14-6-22(20-28(29)33)26-12-5-21-19-23(32)7-13-27(21)30(26)37-25-10-8-24(9-11-25)36-18-17-31-15-3-2-4-16-31;3-2(4,5)1(6)7/h5-14,19-20,32-33H,2-4,15-18H2,1H3;(H,6,7). The minimum atomic E-state index is -5.08. The van der Waals surface area contributed by atoms with Crippen LogP contribution in [-0.4, -0.2) is 73.3 Å². The SMILES string of the molecule is CS(=O)(=O)c1ccc(-c2ccc3cc(O)ccc3c2Oc2ccc(OCCN3CCCCC3)cc2)cc1O.O=C(O)C(F)(F)F. The highest BCUT2D eigenvalue weighted by Gasteiger charge is 2.38. The van der Waals surface area contributed by atoms with Gasteiger partial charge in [0, 0.05) is 23.8 Å². The summed E-state index contributed by atoms with van der Waals surface area (Å²) in [5, 5.41) is 29.1. The maximum atomic E-state index is 12.0. The summed E-state index contributed by atoms with van der Waals surface area (Å²) in [5.74, 6) is -1.07. The lowest BCUT2D eigenvalue weighted by Crippen LogP contribution is -2.33. The molecule has 1 fully saturated rings. The molecule has 1 aliphatic heterocycles. The van der Waals surface area contributed by atoms with Gasteiger partial charge in [0.2, 0.25) is 0 Å². The molecule has 3 N–H and O–H groups in total. The molecule has 13 heteroatoms. The van der Waals surface area contributed by atoms with Crippen molar-refractivity contribution in [2.24, 2.45) is 0 Å². The van der Waals surface area contributed by atoms with Crippen molar-refractivity contribution in [2.75, 3.05) is 32.5 Å². The van der Waals surface area contributed by atoms with Crippen molar-refractivity contribution in [3.8, 4) is 39.9 Å². The van der Waals surface area contributed by atoms with Crippen LogP contribution in [0.2, 0.25) is 0 Å².